The number of amidine groups is 1. The molecule has 0 fully saturated rings. The van der Waals surface area contributed by atoms with E-state index in [1.807, 2.05) is 31.2 Å². The summed E-state index contributed by atoms with van der Waals surface area (Å²) in [5.74, 6) is 0.647. The summed E-state index contributed by atoms with van der Waals surface area (Å²) in [6.45, 7) is 2.57. The number of carbonyl (C=O) groups is 1. The third-order valence-electron chi connectivity index (χ3n) is 6.79. The molecular formula is C25H27ClN2O2. The second-order valence-corrected chi connectivity index (χ2v) is 9.05. The molecule has 2 aromatic rings. The van der Waals surface area contributed by atoms with Gasteiger partial charge in [-0.1, -0.05) is 29.8 Å². The molecule has 5 heteroatoms. The predicted octanol–water partition coefficient (Wildman–Crippen LogP) is 5.03. The van der Waals surface area contributed by atoms with E-state index in [2.05, 4.69) is 11.4 Å². The fraction of sp³-hybridized carbons (Fsp3) is 0.440. The molecule has 0 saturated heterocycles. The van der Waals surface area contributed by atoms with E-state index >= 15 is 0 Å². The number of fused-ring (bicyclic) bond motifs is 2. The molecule has 0 radical (unpaired) electrons. The summed E-state index contributed by atoms with van der Waals surface area (Å²) in [6.07, 6.45) is 7.51. The van der Waals surface area contributed by atoms with Crippen LogP contribution in [-0.4, -0.2) is 25.0 Å². The molecule has 1 heterocycles. The van der Waals surface area contributed by atoms with Crippen molar-refractivity contribution in [1.29, 1.82) is 0 Å². The average molecular weight is 423 g/mol. The number of carbonyl (C=O) groups excluding carboxylic acids is 1. The molecule has 0 aromatic heterocycles. The van der Waals surface area contributed by atoms with Crippen LogP contribution in [0.2, 0.25) is 5.02 Å². The van der Waals surface area contributed by atoms with E-state index in [1.54, 1.807) is 0 Å². The molecular weight excluding hydrogens is 396 g/mol. The van der Waals surface area contributed by atoms with Gasteiger partial charge in [-0.15, -0.1) is 0 Å². The molecule has 5 rings (SSSR count). The average Bonchev–Trinajstić information content (AvgIpc) is 3.47. The molecule has 2 aromatic carbocycles. The molecule has 0 spiro atoms. The zero-order valence-electron chi connectivity index (χ0n) is 17.4. The number of rotatable bonds is 4. The molecule has 2 aliphatic carbocycles. The van der Waals surface area contributed by atoms with Crippen LogP contribution in [0.1, 0.15) is 54.0 Å². The van der Waals surface area contributed by atoms with E-state index in [1.165, 1.54) is 53.6 Å². The minimum Gasteiger partial charge on any atom is -0.465 e. The molecule has 0 bridgehead atoms. The van der Waals surface area contributed by atoms with Gasteiger partial charge in [0.15, 0.2) is 0 Å². The Kier molecular flexibility index (Phi) is 5.06. The number of hydrogen-bond acceptors (Lipinski definition) is 4. The van der Waals surface area contributed by atoms with Gasteiger partial charge in [-0.25, -0.2) is 0 Å². The summed E-state index contributed by atoms with van der Waals surface area (Å²) < 4.78 is 5.49. The van der Waals surface area contributed by atoms with Gasteiger partial charge in [-0.3, -0.25) is 9.79 Å². The predicted molar refractivity (Wildman–Crippen MR) is 121 cm³/mol. The topological polar surface area (TPSA) is 50.7 Å². The van der Waals surface area contributed by atoms with Crippen LogP contribution in [0.25, 0.3) is 0 Å². The maximum absolute atomic E-state index is 13.1. The van der Waals surface area contributed by atoms with Crippen LogP contribution in [-0.2, 0) is 40.6 Å². The molecule has 0 saturated carbocycles. The molecule has 1 N–H and O–H groups in total. The van der Waals surface area contributed by atoms with Crippen LogP contribution in [0.15, 0.2) is 35.3 Å². The summed E-state index contributed by atoms with van der Waals surface area (Å²) in [6, 6.07) is 9.98. The number of esters is 1. The van der Waals surface area contributed by atoms with Gasteiger partial charge in [-0.2, -0.15) is 0 Å². The summed E-state index contributed by atoms with van der Waals surface area (Å²) in [5, 5.41) is 4.31. The van der Waals surface area contributed by atoms with Crippen molar-refractivity contribution in [2.45, 2.75) is 57.3 Å². The minimum atomic E-state index is -0.815. The number of aryl methyl sites for hydroxylation is 2. The fourth-order valence-electron chi connectivity index (χ4n) is 5.33. The quantitative estimate of drug-likeness (QED) is 0.703. The molecule has 1 aliphatic heterocycles. The van der Waals surface area contributed by atoms with Crippen molar-refractivity contribution in [3.63, 3.8) is 0 Å². The molecule has 1 atom stereocenters. The lowest BCUT2D eigenvalue weighted by Gasteiger charge is -2.27. The highest BCUT2D eigenvalue weighted by molar-refractivity contribution is 6.30. The molecule has 156 valence electrons. The standard InChI is InChI=1S/C25H27ClN2O2/c1-2-30-24(29)25(18-8-5-9-19(26)13-18)14-22(27-15-25)28-23-20-10-3-6-16(20)12-17-7-4-11-21(17)23/h5,8-9,12-13H,2-4,6-7,10-11,14-15H2,1H3,(H,27,28). The number of hydrogen-bond donors (Lipinski definition) is 1. The second kappa shape index (κ2) is 7.73. The summed E-state index contributed by atoms with van der Waals surface area (Å²) in [7, 11) is 0. The van der Waals surface area contributed by atoms with Gasteiger partial charge in [0.25, 0.3) is 0 Å². The number of nitrogens with one attached hydrogen (secondary N) is 1. The van der Waals surface area contributed by atoms with Gasteiger partial charge < -0.3 is 10.1 Å². The van der Waals surface area contributed by atoms with Crippen LogP contribution >= 0.6 is 11.6 Å². The van der Waals surface area contributed by atoms with Gasteiger partial charge in [0.05, 0.1) is 13.2 Å². The first kappa shape index (κ1) is 19.6. The van der Waals surface area contributed by atoms with Crippen molar-refractivity contribution in [3.05, 3.63) is 63.2 Å². The SMILES string of the molecule is CCOC(=O)C1(c2cccc(Cl)c2)CN=C(Nc2c3c(cc4c2CCC4)CCC3)C1. The molecule has 1 unspecified atom stereocenters. The van der Waals surface area contributed by atoms with Crippen LogP contribution in [0.4, 0.5) is 5.69 Å². The normalized spacial score (nSPS) is 21.9. The lowest BCUT2D eigenvalue weighted by Crippen LogP contribution is -2.39. The molecule has 4 nitrogen and oxygen atoms in total. The van der Waals surface area contributed by atoms with Crippen LogP contribution in [0, 0.1) is 0 Å². The van der Waals surface area contributed by atoms with Gasteiger partial charge in [0.2, 0.25) is 0 Å². The summed E-state index contributed by atoms with van der Waals surface area (Å²) >= 11 is 6.26. The Hall–Kier alpha value is -2.33. The first-order valence-electron chi connectivity index (χ1n) is 11.0. The van der Waals surface area contributed by atoms with Crippen molar-refractivity contribution in [2.75, 3.05) is 18.5 Å². The van der Waals surface area contributed by atoms with E-state index in [0.29, 0.717) is 24.6 Å². The smallest absolute Gasteiger partial charge is 0.318 e. The highest BCUT2D eigenvalue weighted by Gasteiger charge is 2.46. The maximum Gasteiger partial charge on any atom is 0.318 e. The number of anilines is 1. The molecule has 0 amide bonds. The Morgan fingerprint density at radius 3 is 2.53 bits per heavy atom. The Balaban J connectivity index is 1.48. The molecule has 3 aliphatic rings. The largest absolute Gasteiger partial charge is 0.465 e. The van der Waals surface area contributed by atoms with Crippen molar-refractivity contribution >= 4 is 29.1 Å². The first-order valence-corrected chi connectivity index (χ1v) is 11.4. The highest BCUT2D eigenvalue weighted by atomic mass is 35.5. The number of ether oxygens (including phenoxy) is 1. The number of benzene rings is 2. The third-order valence-corrected chi connectivity index (χ3v) is 7.03. The second-order valence-electron chi connectivity index (χ2n) is 8.61. The Morgan fingerprint density at radius 2 is 1.87 bits per heavy atom. The van der Waals surface area contributed by atoms with E-state index in [0.717, 1.165) is 24.2 Å². The Labute approximate surface area is 182 Å². The maximum atomic E-state index is 13.1. The van der Waals surface area contributed by atoms with Gasteiger partial charge in [0.1, 0.15) is 11.3 Å². The third kappa shape index (κ3) is 3.22. The lowest BCUT2D eigenvalue weighted by molar-refractivity contribution is -0.149. The monoisotopic (exact) mass is 422 g/mol. The fourth-order valence-corrected chi connectivity index (χ4v) is 5.52. The van der Waals surface area contributed by atoms with E-state index in [9.17, 15) is 4.79 Å². The summed E-state index contributed by atoms with van der Waals surface area (Å²) in [5.41, 5.74) is 7.21. The Bertz CT molecular complexity index is 1010. The lowest BCUT2D eigenvalue weighted by atomic mass is 9.78. The van der Waals surface area contributed by atoms with Crippen molar-refractivity contribution in [3.8, 4) is 0 Å². The number of halogens is 1. The zero-order chi connectivity index (χ0) is 20.7. The van der Waals surface area contributed by atoms with Crippen LogP contribution < -0.4 is 5.32 Å². The number of aliphatic imine (C=N–C) groups is 1. The van der Waals surface area contributed by atoms with Gasteiger partial charge >= 0.3 is 5.97 Å². The van der Waals surface area contributed by atoms with Gasteiger partial charge in [-0.05, 0) is 85.4 Å². The van der Waals surface area contributed by atoms with Crippen LogP contribution in [0.3, 0.4) is 0 Å². The van der Waals surface area contributed by atoms with E-state index in [-0.39, 0.29) is 5.97 Å². The van der Waals surface area contributed by atoms with E-state index in [4.69, 9.17) is 21.3 Å². The number of nitrogens with zero attached hydrogens (tertiary/aromatic N) is 1. The van der Waals surface area contributed by atoms with Crippen molar-refractivity contribution < 1.29 is 9.53 Å². The first-order chi connectivity index (χ1) is 14.6. The van der Waals surface area contributed by atoms with Crippen LogP contribution in [0.5, 0.6) is 0 Å². The van der Waals surface area contributed by atoms with Gasteiger partial charge in [0, 0.05) is 17.1 Å². The minimum absolute atomic E-state index is 0.226. The van der Waals surface area contributed by atoms with Crippen molar-refractivity contribution in [2.24, 2.45) is 4.99 Å². The van der Waals surface area contributed by atoms with E-state index < -0.39 is 5.41 Å². The van der Waals surface area contributed by atoms with Crippen molar-refractivity contribution in [1.82, 2.24) is 0 Å². The summed E-state index contributed by atoms with van der Waals surface area (Å²) in [4.78, 5) is 17.9. The molecule has 30 heavy (non-hydrogen) atoms. The highest BCUT2D eigenvalue weighted by Crippen LogP contribution is 2.41. The Morgan fingerprint density at radius 1 is 1.13 bits per heavy atom. The zero-order valence-corrected chi connectivity index (χ0v) is 18.1.